The lowest BCUT2D eigenvalue weighted by Crippen LogP contribution is -2.53. The highest BCUT2D eigenvalue weighted by Crippen LogP contribution is 2.36. The molecule has 1 fully saturated rings. The number of nitrogens with one attached hydrogen (secondary N) is 1. The molecule has 1 atom stereocenters. The minimum Gasteiger partial charge on any atom is -0.497 e. The Hall–Kier alpha value is -3.76. The first-order chi connectivity index (χ1) is 21.1. The molecule has 0 spiro atoms. The van der Waals surface area contributed by atoms with E-state index in [1.165, 1.54) is 37.3 Å². The lowest BCUT2D eigenvalue weighted by Gasteiger charge is -2.34. The van der Waals surface area contributed by atoms with Crippen LogP contribution >= 0.6 is 11.6 Å². The van der Waals surface area contributed by atoms with E-state index in [0.29, 0.717) is 22.8 Å². The lowest BCUT2D eigenvalue weighted by molar-refractivity contribution is -0.140. The predicted molar refractivity (Wildman–Crippen MR) is 172 cm³/mol. The Labute approximate surface area is 265 Å². The summed E-state index contributed by atoms with van der Waals surface area (Å²) in [5.74, 6) is -0.226. The first kappa shape index (κ1) is 33.1. The molecule has 236 valence electrons. The number of rotatable bonds is 13. The number of sulfonamides is 1. The molecule has 2 amide bonds. The summed E-state index contributed by atoms with van der Waals surface area (Å²) in [6.07, 6.45) is 4.18. The van der Waals surface area contributed by atoms with E-state index in [1.54, 1.807) is 48.5 Å². The van der Waals surface area contributed by atoms with Gasteiger partial charge in [-0.05, 0) is 62.1 Å². The summed E-state index contributed by atoms with van der Waals surface area (Å²) < 4.78 is 40.4. The molecule has 0 bridgehead atoms. The quantitative estimate of drug-likeness (QED) is 0.256. The van der Waals surface area contributed by atoms with E-state index in [-0.39, 0.29) is 34.8 Å². The summed E-state index contributed by atoms with van der Waals surface area (Å²) in [6, 6.07) is 17.4. The SMILES string of the molecule is CCC(C(=O)NC1CCCC1)N(Cc1ccccc1Cl)C(=O)CN(c1cc(OC)ccc1OC)S(=O)(=O)c1ccc(C)cc1. The third-order valence-electron chi connectivity index (χ3n) is 7.93. The molecular formula is C33H40ClN3O6S. The second-order valence-corrected chi connectivity index (χ2v) is 13.2. The normalized spacial score (nSPS) is 14.1. The summed E-state index contributed by atoms with van der Waals surface area (Å²) in [5, 5.41) is 3.55. The Kier molecular flexibility index (Phi) is 11.2. The number of hydrogen-bond donors (Lipinski definition) is 1. The molecule has 1 N–H and O–H groups in total. The van der Waals surface area contributed by atoms with Crippen LogP contribution in [0.3, 0.4) is 0 Å². The maximum absolute atomic E-state index is 14.4. The maximum atomic E-state index is 14.4. The van der Waals surface area contributed by atoms with Gasteiger partial charge in [0.1, 0.15) is 24.1 Å². The van der Waals surface area contributed by atoms with Crippen molar-refractivity contribution in [2.45, 2.75) is 69.5 Å². The van der Waals surface area contributed by atoms with Crippen molar-refractivity contribution in [1.29, 1.82) is 0 Å². The van der Waals surface area contributed by atoms with E-state index in [4.69, 9.17) is 21.1 Å². The molecule has 11 heteroatoms. The van der Waals surface area contributed by atoms with Crippen molar-refractivity contribution in [1.82, 2.24) is 10.2 Å². The zero-order valence-electron chi connectivity index (χ0n) is 25.6. The van der Waals surface area contributed by atoms with Gasteiger partial charge in [0.25, 0.3) is 10.0 Å². The topological polar surface area (TPSA) is 105 Å². The molecule has 4 rings (SSSR count). The molecule has 0 aliphatic heterocycles. The van der Waals surface area contributed by atoms with Gasteiger partial charge in [-0.2, -0.15) is 0 Å². The van der Waals surface area contributed by atoms with Gasteiger partial charge in [0.2, 0.25) is 11.8 Å². The van der Waals surface area contributed by atoms with Gasteiger partial charge in [-0.1, -0.05) is 67.3 Å². The molecule has 9 nitrogen and oxygen atoms in total. The van der Waals surface area contributed by atoms with Crippen molar-refractivity contribution in [3.05, 3.63) is 82.9 Å². The molecular weight excluding hydrogens is 602 g/mol. The average Bonchev–Trinajstić information content (AvgIpc) is 3.53. The molecule has 1 unspecified atom stereocenters. The van der Waals surface area contributed by atoms with Crippen LogP contribution in [0, 0.1) is 6.92 Å². The smallest absolute Gasteiger partial charge is 0.264 e. The summed E-state index contributed by atoms with van der Waals surface area (Å²) in [7, 11) is -1.39. The van der Waals surface area contributed by atoms with Crippen LogP contribution in [0.25, 0.3) is 0 Å². The monoisotopic (exact) mass is 641 g/mol. The van der Waals surface area contributed by atoms with Crippen molar-refractivity contribution in [2.24, 2.45) is 0 Å². The third kappa shape index (κ3) is 7.65. The number of amides is 2. The minimum absolute atomic E-state index is 0.00412. The third-order valence-corrected chi connectivity index (χ3v) is 10.1. The molecule has 1 aliphatic rings. The van der Waals surface area contributed by atoms with E-state index in [0.717, 1.165) is 35.6 Å². The van der Waals surface area contributed by atoms with Crippen LogP contribution in [0.2, 0.25) is 5.02 Å². The number of benzene rings is 3. The van der Waals surface area contributed by atoms with Gasteiger partial charge in [0.15, 0.2) is 0 Å². The molecule has 0 saturated heterocycles. The van der Waals surface area contributed by atoms with Crippen LogP contribution in [0.15, 0.2) is 71.6 Å². The van der Waals surface area contributed by atoms with Gasteiger partial charge in [0, 0.05) is 23.7 Å². The minimum atomic E-state index is -4.29. The molecule has 0 aromatic heterocycles. The van der Waals surface area contributed by atoms with Crippen molar-refractivity contribution in [3.63, 3.8) is 0 Å². The molecule has 3 aromatic rings. The van der Waals surface area contributed by atoms with Gasteiger partial charge in [-0.25, -0.2) is 8.42 Å². The Morgan fingerprint density at radius 1 is 1.00 bits per heavy atom. The van der Waals surface area contributed by atoms with E-state index in [1.807, 2.05) is 13.8 Å². The summed E-state index contributed by atoms with van der Waals surface area (Å²) in [6.45, 7) is 3.11. The zero-order valence-corrected chi connectivity index (χ0v) is 27.2. The van der Waals surface area contributed by atoms with E-state index in [9.17, 15) is 18.0 Å². The lowest BCUT2D eigenvalue weighted by atomic mass is 10.1. The molecule has 1 aliphatic carbocycles. The highest BCUT2D eigenvalue weighted by molar-refractivity contribution is 7.92. The number of carbonyl (C=O) groups is 2. The van der Waals surface area contributed by atoms with E-state index < -0.39 is 28.5 Å². The van der Waals surface area contributed by atoms with Crippen LogP contribution in [-0.4, -0.2) is 58.0 Å². The Bertz CT molecular complexity index is 1560. The number of aryl methyl sites for hydroxylation is 1. The van der Waals surface area contributed by atoms with Crippen molar-refractivity contribution in [3.8, 4) is 11.5 Å². The Balaban J connectivity index is 1.79. The van der Waals surface area contributed by atoms with E-state index in [2.05, 4.69) is 5.32 Å². The van der Waals surface area contributed by atoms with Crippen LogP contribution in [0.5, 0.6) is 11.5 Å². The highest BCUT2D eigenvalue weighted by Gasteiger charge is 2.36. The molecule has 1 saturated carbocycles. The number of nitrogens with zero attached hydrogens (tertiary/aromatic N) is 2. The maximum Gasteiger partial charge on any atom is 0.264 e. The Morgan fingerprint density at radius 2 is 1.68 bits per heavy atom. The first-order valence-electron chi connectivity index (χ1n) is 14.7. The first-order valence-corrected chi connectivity index (χ1v) is 16.6. The average molecular weight is 642 g/mol. The number of anilines is 1. The van der Waals surface area contributed by atoms with Crippen molar-refractivity contribution in [2.75, 3.05) is 25.1 Å². The molecule has 3 aromatic carbocycles. The van der Waals surface area contributed by atoms with E-state index >= 15 is 0 Å². The van der Waals surface area contributed by atoms with Gasteiger partial charge in [-0.3, -0.25) is 13.9 Å². The van der Waals surface area contributed by atoms with Crippen molar-refractivity contribution < 1.29 is 27.5 Å². The summed E-state index contributed by atoms with van der Waals surface area (Å²) in [4.78, 5) is 29.5. The van der Waals surface area contributed by atoms with Crippen LogP contribution in [0.1, 0.15) is 50.2 Å². The fourth-order valence-corrected chi connectivity index (χ4v) is 7.05. The second kappa shape index (κ2) is 14.8. The molecule has 0 radical (unpaired) electrons. The predicted octanol–water partition coefficient (Wildman–Crippen LogP) is 5.73. The van der Waals surface area contributed by atoms with Gasteiger partial charge < -0.3 is 19.7 Å². The van der Waals surface area contributed by atoms with Gasteiger partial charge >= 0.3 is 0 Å². The number of carbonyl (C=O) groups excluding carboxylic acids is 2. The number of methoxy groups -OCH3 is 2. The standard InChI is InChI=1S/C33H40ClN3O6S/c1-5-29(33(39)35-25-11-7-8-12-25)36(21-24-10-6-9-13-28(24)34)32(38)22-37(30-20-26(42-3)16-19-31(30)43-4)44(40,41)27-17-14-23(2)15-18-27/h6,9-10,13-20,25,29H,5,7-8,11-12,21-22H2,1-4H3,(H,35,39). The second-order valence-electron chi connectivity index (χ2n) is 10.9. The summed E-state index contributed by atoms with van der Waals surface area (Å²) in [5.41, 5.74) is 1.65. The number of ether oxygens (including phenoxy) is 2. The van der Waals surface area contributed by atoms with Crippen LogP contribution < -0.4 is 19.1 Å². The molecule has 44 heavy (non-hydrogen) atoms. The largest absolute Gasteiger partial charge is 0.497 e. The summed E-state index contributed by atoms with van der Waals surface area (Å²) >= 11 is 6.50. The van der Waals surface area contributed by atoms with Crippen molar-refractivity contribution >= 4 is 39.1 Å². The fraction of sp³-hybridized carbons (Fsp3) is 0.394. The number of halogens is 1. The molecule has 0 heterocycles. The zero-order chi connectivity index (χ0) is 31.9. The van der Waals surface area contributed by atoms with Gasteiger partial charge in [0.05, 0.1) is 24.8 Å². The fourth-order valence-electron chi connectivity index (χ4n) is 5.44. The highest BCUT2D eigenvalue weighted by atomic mass is 35.5. The van der Waals surface area contributed by atoms with Crippen LogP contribution in [0.4, 0.5) is 5.69 Å². The number of hydrogen-bond acceptors (Lipinski definition) is 6. The van der Waals surface area contributed by atoms with Gasteiger partial charge in [-0.15, -0.1) is 0 Å². The van der Waals surface area contributed by atoms with Crippen LogP contribution in [-0.2, 0) is 26.2 Å². The Morgan fingerprint density at radius 3 is 2.30 bits per heavy atom.